The molecule has 2 rings (SSSR count). The van der Waals surface area contributed by atoms with Crippen molar-refractivity contribution in [3.63, 3.8) is 0 Å². The van der Waals surface area contributed by atoms with Crippen LogP contribution in [-0.2, 0) is 16.1 Å². The fraction of sp³-hybridized carbons (Fsp3) is 0.389. The highest BCUT2D eigenvalue weighted by atomic mass is 16.5. The second-order valence-electron chi connectivity index (χ2n) is 6.12. The number of benzene rings is 1. The number of barbiturate groups is 1. The zero-order valence-corrected chi connectivity index (χ0v) is 14.2. The molecule has 0 aliphatic carbocycles. The van der Waals surface area contributed by atoms with Crippen molar-refractivity contribution in [2.75, 3.05) is 7.11 Å². The third-order valence-corrected chi connectivity index (χ3v) is 4.45. The van der Waals surface area contributed by atoms with Crippen molar-refractivity contribution < 1.29 is 19.1 Å². The fourth-order valence-corrected chi connectivity index (χ4v) is 2.92. The molecule has 1 aromatic rings. The summed E-state index contributed by atoms with van der Waals surface area (Å²) in [5.74, 6) is -0.624. The lowest BCUT2D eigenvalue weighted by Gasteiger charge is -2.41. The predicted octanol–water partition coefficient (Wildman–Crippen LogP) is 2.49. The first-order valence-electron chi connectivity index (χ1n) is 7.78. The lowest BCUT2D eigenvalue weighted by molar-refractivity contribution is -0.155. The molecular formula is C18H22N2O4. The molecule has 0 spiro atoms. The molecule has 1 aromatic carbocycles. The summed E-state index contributed by atoms with van der Waals surface area (Å²) in [4.78, 5) is 38.7. The number of urea groups is 1. The molecule has 24 heavy (non-hydrogen) atoms. The molecule has 0 saturated carbocycles. The van der Waals surface area contributed by atoms with Crippen LogP contribution in [0.2, 0.25) is 0 Å². The molecule has 1 atom stereocenters. The van der Waals surface area contributed by atoms with Crippen LogP contribution in [0.25, 0.3) is 0 Å². The Bertz CT molecular complexity index is 666. The average molecular weight is 330 g/mol. The monoisotopic (exact) mass is 330 g/mol. The van der Waals surface area contributed by atoms with E-state index in [1.807, 2.05) is 0 Å². The van der Waals surface area contributed by atoms with Gasteiger partial charge < -0.3 is 4.74 Å². The number of rotatable bonds is 6. The Balaban J connectivity index is 2.34. The predicted molar refractivity (Wildman–Crippen MR) is 89.2 cm³/mol. The molecule has 1 saturated heterocycles. The minimum atomic E-state index is -1.30. The number of ether oxygens (including phenoxy) is 1. The van der Waals surface area contributed by atoms with Crippen LogP contribution in [0.5, 0.6) is 5.75 Å². The zero-order chi connectivity index (χ0) is 17.9. The number of nitrogens with zero attached hydrogens (tertiary/aromatic N) is 1. The maximum Gasteiger partial charge on any atom is 0.331 e. The van der Waals surface area contributed by atoms with Gasteiger partial charge in [-0.2, -0.15) is 0 Å². The first-order chi connectivity index (χ1) is 11.4. The van der Waals surface area contributed by atoms with E-state index in [9.17, 15) is 14.4 Å². The van der Waals surface area contributed by atoms with Crippen molar-refractivity contribution in [3.8, 4) is 5.75 Å². The highest BCUT2D eigenvalue weighted by molar-refractivity contribution is 6.19. The van der Waals surface area contributed by atoms with Gasteiger partial charge in [0.05, 0.1) is 13.7 Å². The van der Waals surface area contributed by atoms with Gasteiger partial charge in [-0.1, -0.05) is 32.1 Å². The number of carbonyl (C=O) groups excluding carboxylic acids is 3. The Hall–Kier alpha value is -2.63. The summed E-state index contributed by atoms with van der Waals surface area (Å²) >= 11 is 0. The fourth-order valence-electron chi connectivity index (χ4n) is 2.92. The molecule has 1 aliphatic heterocycles. The van der Waals surface area contributed by atoms with E-state index in [0.29, 0.717) is 5.75 Å². The van der Waals surface area contributed by atoms with E-state index in [-0.39, 0.29) is 18.9 Å². The van der Waals surface area contributed by atoms with Gasteiger partial charge in [0.25, 0.3) is 0 Å². The van der Waals surface area contributed by atoms with Crippen molar-refractivity contribution in [2.24, 2.45) is 11.3 Å². The smallest absolute Gasteiger partial charge is 0.331 e. The largest absolute Gasteiger partial charge is 0.497 e. The van der Waals surface area contributed by atoms with E-state index in [0.717, 1.165) is 10.5 Å². The molecule has 6 nitrogen and oxygen atoms in total. The maximum absolute atomic E-state index is 13.0. The van der Waals surface area contributed by atoms with Crippen LogP contribution in [0, 0.1) is 11.3 Å². The summed E-state index contributed by atoms with van der Waals surface area (Å²) in [7, 11) is 1.56. The van der Waals surface area contributed by atoms with E-state index < -0.39 is 23.3 Å². The third kappa shape index (κ3) is 2.91. The molecular weight excluding hydrogens is 308 g/mol. The van der Waals surface area contributed by atoms with Gasteiger partial charge in [0.15, 0.2) is 0 Å². The van der Waals surface area contributed by atoms with Crippen LogP contribution in [0.15, 0.2) is 36.9 Å². The number of allylic oxidation sites excluding steroid dienone is 1. The number of hydrogen-bond donors (Lipinski definition) is 1. The number of imide groups is 2. The molecule has 1 aliphatic rings. The molecule has 0 aromatic heterocycles. The van der Waals surface area contributed by atoms with E-state index in [1.54, 1.807) is 51.3 Å². The van der Waals surface area contributed by atoms with Gasteiger partial charge in [-0.05, 0) is 30.0 Å². The molecule has 0 radical (unpaired) electrons. The summed E-state index contributed by atoms with van der Waals surface area (Å²) in [6, 6.07) is 6.38. The molecule has 1 N–H and O–H groups in total. The summed E-state index contributed by atoms with van der Waals surface area (Å²) in [6.07, 6.45) is 1.72. The molecule has 0 bridgehead atoms. The Morgan fingerprint density at radius 1 is 1.25 bits per heavy atom. The van der Waals surface area contributed by atoms with E-state index in [2.05, 4.69) is 11.9 Å². The Morgan fingerprint density at radius 3 is 2.38 bits per heavy atom. The zero-order valence-electron chi connectivity index (χ0n) is 14.2. The summed E-state index contributed by atoms with van der Waals surface area (Å²) in [5.41, 5.74) is -0.535. The SMILES string of the molecule is C=CC[C@]1(C(C)C)C(=O)NC(=O)N(Cc2ccc(OC)cc2)C1=O. The van der Waals surface area contributed by atoms with Crippen molar-refractivity contribution in [1.29, 1.82) is 0 Å². The lowest BCUT2D eigenvalue weighted by atomic mass is 9.71. The molecule has 6 heteroatoms. The maximum atomic E-state index is 13.0. The van der Waals surface area contributed by atoms with Crippen LogP contribution >= 0.6 is 0 Å². The van der Waals surface area contributed by atoms with Crippen LogP contribution < -0.4 is 10.1 Å². The van der Waals surface area contributed by atoms with Gasteiger partial charge in [0.1, 0.15) is 11.2 Å². The number of methoxy groups -OCH3 is 1. The molecule has 4 amide bonds. The van der Waals surface area contributed by atoms with Gasteiger partial charge in [-0.15, -0.1) is 6.58 Å². The van der Waals surface area contributed by atoms with Crippen LogP contribution in [0.1, 0.15) is 25.8 Å². The first-order valence-corrected chi connectivity index (χ1v) is 7.78. The number of amides is 4. The molecule has 128 valence electrons. The van der Waals surface area contributed by atoms with Gasteiger partial charge in [-0.25, -0.2) is 4.79 Å². The normalized spacial score (nSPS) is 21.0. The van der Waals surface area contributed by atoms with Crippen molar-refractivity contribution >= 4 is 17.8 Å². The Labute approximate surface area is 141 Å². The summed E-state index contributed by atoms with van der Waals surface area (Å²) in [5, 5.41) is 2.31. The van der Waals surface area contributed by atoms with Crippen molar-refractivity contribution in [1.82, 2.24) is 10.2 Å². The minimum Gasteiger partial charge on any atom is -0.497 e. The number of hydrogen-bond acceptors (Lipinski definition) is 4. The standard InChI is InChI=1S/C18H22N2O4/c1-5-10-18(12(2)3)15(21)19-17(23)20(16(18)22)11-13-6-8-14(24-4)9-7-13/h5-9,12H,1,10-11H2,2-4H3,(H,19,21,23)/t18-/m0/s1. The van der Waals surface area contributed by atoms with Crippen LogP contribution in [0.3, 0.4) is 0 Å². The summed E-state index contributed by atoms with van der Waals surface area (Å²) < 4.78 is 5.10. The van der Waals surface area contributed by atoms with Crippen molar-refractivity contribution in [2.45, 2.75) is 26.8 Å². The topological polar surface area (TPSA) is 75.7 Å². The average Bonchev–Trinajstić information content (AvgIpc) is 2.55. The Kier molecular flexibility index (Phi) is 5.07. The minimum absolute atomic E-state index is 0.0908. The molecule has 1 fully saturated rings. The van der Waals surface area contributed by atoms with Gasteiger partial charge in [0.2, 0.25) is 11.8 Å². The lowest BCUT2D eigenvalue weighted by Crippen LogP contribution is -2.65. The van der Waals surface area contributed by atoms with Crippen molar-refractivity contribution in [3.05, 3.63) is 42.5 Å². The van der Waals surface area contributed by atoms with Gasteiger partial charge >= 0.3 is 6.03 Å². The first kappa shape index (κ1) is 17.7. The second-order valence-corrected chi connectivity index (χ2v) is 6.12. The number of carbonyl (C=O) groups is 3. The quantitative estimate of drug-likeness (QED) is 0.642. The highest BCUT2D eigenvalue weighted by Gasteiger charge is 2.54. The van der Waals surface area contributed by atoms with E-state index >= 15 is 0 Å². The highest BCUT2D eigenvalue weighted by Crippen LogP contribution is 2.37. The number of nitrogens with one attached hydrogen (secondary N) is 1. The molecule has 0 unspecified atom stereocenters. The van der Waals surface area contributed by atoms with Gasteiger partial charge in [0, 0.05) is 0 Å². The van der Waals surface area contributed by atoms with Gasteiger partial charge in [-0.3, -0.25) is 19.8 Å². The van der Waals surface area contributed by atoms with E-state index in [4.69, 9.17) is 4.74 Å². The van der Waals surface area contributed by atoms with Crippen LogP contribution in [-0.4, -0.2) is 29.9 Å². The summed E-state index contributed by atoms with van der Waals surface area (Å²) in [6.45, 7) is 7.33. The van der Waals surface area contributed by atoms with Crippen LogP contribution in [0.4, 0.5) is 4.79 Å². The van der Waals surface area contributed by atoms with E-state index in [1.165, 1.54) is 0 Å². The third-order valence-electron chi connectivity index (χ3n) is 4.45. The second kappa shape index (κ2) is 6.86. The Morgan fingerprint density at radius 2 is 1.88 bits per heavy atom. The molecule has 1 heterocycles.